The van der Waals surface area contributed by atoms with Crippen LogP contribution in [0.3, 0.4) is 0 Å². The molecule has 0 saturated carbocycles. The van der Waals surface area contributed by atoms with Crippen LogP contribution in [0.2, 0.25) is 5.02 Å². The lowest BCUT2D eigenvalue weighted by Gasteiger charge is -2.23. The van der Waals surface area contributed by atoms with Crippen molar-refractivity contribution < 1.29 is 27.8 Å². The van der Waals surface area contributed by atoms with Crippen molar-refractivity contribution in [2.24, 2.45) is 0 Å². The van der Waals surface area contributed by atoms with Crippen LogP contribution >= 0.6 is 11.6 Å². The molecule has 0 unspecified atom stereocenters. The van der Waals surface area contributed by atoms with Crippen LogP contribution in [0, 0.1) is 0 Å². The van der Waals surface area contributed by atoms with Crippen LogP contribution in [0.5, 0.6) is 11.5 Å². The van der Waals surface area contributed by atoms with Crippen molar-refractivity contribution in [3.63, 3.8) is 0 Å². The molecule has 1 aromatic carbocycles. The molecular weight excluding hydrogens is 299 g/mol. The van der Waals surface area contributed by atoms with E-state index < -0.39 is 12.7 Å². The Morgan fingerprint density at radius 1 is 1.30 bits per heavy atom. The number of aliphatic hydroxyl groups is 1. The van der Waals surface area contributed by atoms with Gasteiger partial charge in [0.25, 0.3) is 0 Å². The van der Waals surface area contributed by atoms with E-state index in [2.05, 4.69) is 0 Å². The molecule has 1 N–H and O–H groups in total. The zero-order valence-electron chi connectivity index (χ0n) is 10.4. The lowest BCUT2D eigenvalue weighted by molar-refractivity contribution is -0.147. The molecule has 1 heterocycles. The summed E-state index contributed by atoms with van der Waals surface area (Å²) in [4.78, 5) is 1.09. The van der Waals surface area contributed by atoms with E-state index in [9.17, 15) is 13.2 Å². The minimum absolute atomic E-state index is 0.0103. The van der Waals surface area contributed by atoms with E-state index in [-0.39, 0.29) is 26.5 Å². The van der Waals surface area contributed by atoms with Crippen molar-refractivity contribution in [2.45, 2.75) is 12.7 Å². The maximum atomic E-state index is 12.4. The van der Waals surface area contributed by atoms with Crippen LogP contribution in [0.4, 0.5) is 13.2 Å². The lowest BCUT2D eigenvalue weighted by atomic mass is 10.2. The van der Waals surface area contributed by atoms with Gasteiger partial charge < -0.3 is 14.6 Å². The van der Waals surface area contributed by atoms with Crippen molar-refractivity contribution in [1.82, 2.24) is 4.90 Å². The van der Waals surface area contributed by atoms with Gasteiger partial charge in [0.1, 0.15) is 0 Å². The van der Waals surface area contributed by atoms with Crippen LogP contribution in [-0.4, -0.2) is 42.7 Å². The Bertz CT molecular complexity index is 482. The van der Waals surface area contributed by atoms with Gasteiger partial charge in [-0.25, -0.2) is 0 Å². The van der Waals surface area contributed by atoms with Gasteiger partial charge in [-0.3, -0.25) is 4.90 Å². The number of ether oxygens (including phenoxy) is 2. The molecule has 1 aromatic rings. The SMILES string of the molecule is OCCN(Cc1cc(Cl)c2c(c1)OCO2)CC(F)(F)F. The smallest absolute Gasteiger partial charge is 0.401 e. The van der Waals surface area contributed by atoms with E-state index in [4.69, 9.17) is 26.2 Å². The highest BCUT2D eigenvalue weighted by Gasteiger charge is 2.30. The van der Waals surface area contributed by atoms with Gasteiger partial charge in [-0.15, -0.1) is 0 Å². The molecule has 0 fully saturated rings. The molecule has 1 aliphatic heterocycles. The second-order valence-electron chi connectivity index (χ2n) is 4.36. The Hall–Kier alpha value is -1.18. The first-order valence-corrected chi connectivity index (χ1v) is 6.25. The third kappa shape index (κ3) is 3.91. The minimum Gasteiger partial charge on any atom is -0.454 e. The van der Waals surface area contributed by atoms with E-state index in [1.54, 1.807) is 6.07 Å². The predicted molar refractivity (Wildman–Crippen MR) is 66.0 cm³/mol. The molecule has 20 heavy (non-hydrogen) atoms. The Morgan fingerprint density at radius 2 is 2.05 bits per heavy atom. The number of hydrogen-bond acceptors (Lipinski definition) is 4. The van der Waals surface area contributed by atoms with Gasteiger partial charge in [0.05, 0.1) is 18.2 Å². The normalized spacial score (nSPS) is 14.1. The summed E-state index contributed by atoms with van der Waals surface area (Å²) >= 11 is 5.97. The topological polar surface area (TPSA) is 41.9 Å². The Kier molecular flexibility index (Phi) is 4.62. The quantitative estimate of drug-likeness (QED) is 0.907. The first kappa shape index (κ1) is 15.2. The summed E-state index contributed by atoms with van der Waals surface area (Å²) < 4.78 is 47.6. The number of hydrogen-bond donors (Lipinski definition) is 1. The molecule has 0 spiro atoms. The molecule has 8 heteroatoms. The van der Waals surface area contributed by atoms with Gasteiger partial charge in [0, 0.05) is 13.1 Å². The maximum Gasteiger partial charge on any atom is 0.401 e. The van der Waals surface area contributed by atoms with Crippen LogP contribution in [0.1, 0.15) is 5.56 Å². The van der Waals surface area contributed by atoms with Crippen LogP contribution in [0.15, 0.2) is 12.1 Å². The van der Waals surface area contributed by atoms with Gasteiger partial charge in [0.15, 0.2) is 11.5 Å². The van der Waals surface area contributed by atoms with Crippen molar-refractivity contribution in [2.75, 3.05) is 26.5 Å². The molecule has 0 aromatic heterocycles. The Labute approximate surface area is 118 Å². The summed E-state index contributed by atoms with van der Waals surface area (Å²) in [6, 6.07) is 3.13. The van der Waals surface area contributed by atoms with Crippen LogP contribution < -0.4 is 9.47 Å². The van der Waals surface area contributed by atoms with Crippen LogP contribution in [-0.2, 0) is 6.54 Å². The minimum atomic E-state index is -4.32. The maximum absolute atomic E-state index is 12.4. The highest BCUT2D eigenvalue weighted by molar-refractivity contribution is 6.32. The first-order valence-electron chi connectivity index (χ1n) is 5.87. The first-order chi connectivity index (χ1) is 9.39. The summed E-state index contributed by atoms with van der Waals surface area (Å²) in [6.45, 7) is -1.47. The molecule has 2 rings (SSSR count). The molecule has 0 aliphatic carbocycles. The van der Waals surface area contributed by atoms with Gasteiger partial charge >= 0.3 is 6.18 Å². The fourth-order valence-corrected chi connectivity index (χ4v) is 2.27. The zero-order chi connectivity index (χ0) is 14.8. The molecule has 0 amide bonds. The molecule has 0 radical (unpaired) electrons. The average molecular weight is 312 g/mol. The summed E-state index contributed by atoms with van der Waals surface area (Å²) in [6.07, 6.45) is -4.32. The van der Waals surface area contributed by atoms with Crippen molar-refractivity contribution in [3.8, 4) is 11.5 Å². The molecular formula is C12H13ClF3NO3. The molecule has 4 nitrogen and oxygen atoms in total. The fraction of sp³-hybridized carbons (Fsp3) is 0.500. The van der Waals surface area contributed by atoms with Crippen molar-refractivity contribution >= 4 is 11.6 Å². The van der Waals surface area contributed by atoms with Gasteiger partial charge in [-0.2, -0.15) is 13.2 Å². The number of nitrogens with zero attached hydrogens (tertiary/aromatic N) is 1. The van der Waals surface area contributed by atoms with Gasteiger partial charge in [-0.05, 0) is 17.7 Å². The number of alkyl halides is 3. The molecule has 112 valence electrons. The molecule has 0 saturated heterocycles. The number of aliphatic hydroxyl groups excluding tert-OH is 1. The second-order valence-corrected chi connectivity index (χ2v) is 4.77. The molecule has 0 atom stereocenters. The second kappa shape index (κ2) is 6.07. The number of benzene rings is 1. The monoisotopic (exact) mass is 311 g/mol. The Morgan fingerprint density at radius 3 is 2.70 bits per heavy atom. The van der Waals surface area contributed by atoms with E-state index in [0.717, 1.165) is 4.90 Å². The Balaban J connectivity index is 2.12. The van der Waals surface area contributed by atoms with E-state index in [1.165, 1.54) is 6.07 Å². The van der Waals surface area contributed by atoms with E-state index >= 15 is 0 Å². The highest BCUT2D eigenvalue weighted by atomic mass is 35.5. The third-order valence-electron chi connectivity index (χ3n) is 2.71. The average Bonchev–Trinajstić information content (AvgIpc) is 2.75. The summed E-state index contributed by atoms with van der Waals surface area (Å²) in [5.41, 5.74) is 0.567. The summed E-state index contributed by atoms with van der Waals surface area (Å²) in [5, 5.41) is 9.14. The highest BCUT2D eigenvalue weighted by Crippen LogP contribution is 2.40. The summed E-state index contributed by atoms with van der Waals surface area (Å²) in [7, 11) is 0. The standard InChI is InChI=1S/C12H13ClF3NO3/c13-9-3-8(4-10-11(9)20-7-19-10)5-17(1-2-18)6-12(14,15)16/h3-4,18H,1-2,5-7H2. The summed E-state index contributed by atoms with van der Waals surface area (Å²) in [5.74, 6) is 0.823. The molecule has 1 aliphatic rings. The number of halogens is 4. The largest absolute Gasteiger partial charge is 0.454 e. The van der Waals surface area contributed by atoms with Crippen molar-refractivity contribution in [1.29, 1.82) is 0 Å². The van der Waals surface area contributed by atoms with E-state index in [0.29, 0.717) is 22.1 Å². The molecule has 0 bridgehead atoms. The van der Waals surface area contributed by atoms with E-state index in [1.807, 2.05) is 0 Å². The van der Waals surface area contributed by atoms with Crippen molar-refractivity contribution in [3.05, 3.63) is 22.7 Å². The van der Waals surface area contributed by atoms with Crippen LogP contribution in [0.25, 0.3) is 0 Å². The fourth-order valence-electron chi connectivity index (χ4n) is 1.98. The zero-order valence-corrected chi connectivity index (χ0v) is 11.2. The van der Waals surface area contributed by atoms with Gasteiger partial charge in [0.2, 0.25) is 6.79 Å². The lowest BCUT2D eigenvalue weighted by Crippen LogP contribution is -2.35. The third-order valence-corrected chi connectivity index (χ3v) is 2.99. The van der Waals surface area contributed by atoms with Gasteiger partial charge in [-0.1, -0.05) is 11.6 Å². The number of rotatable bonds is 5. The predicted octanol–water partition coefficient (Wildman–Crippen LogP) is 2.43. The number of fused-ring (bicyclic) bond motifs is 1.